The van der Waals surface area contributed by atoms with Gasteiger partial charge in [-0.15, -0.1) is 11.3 Å². The number of rotatable bonds is 5. The van der Waals surface area contributed by atoms with Crippen molar-refractivity contribution >= 4 is 32.4 Å². The van der Waals surface area contributed by atoms with E-state index < -0.39 is 15.9 Å². The zero-order valence-corrected chi connectivity index (χ0v) is 15.9. The number of carbonyl (C=O) groups excluding carboxylic acids is 1. The summed E-state index contributed by atoms with van der Waals surface area (Å²) in [7, 11) is -2.01. The van der Waals surface area contributed by atoms with Crippen molar-refractivity contribution in [1.82, 2.24) is 9.29 Å². The Hall–Kier alpha value is -1.77. The van der Waals surface area contributed by atoms with E-state index in [1.165, 1.54) is 42.4 Å². The van der Waals surface area contributed by atoms with E-state index in [0.29, 0.717) is 5.13 Å². The number of anilines is 1. The predicted octanol–water partition coefficient (Wildman–Crippen LogP) is 2.52. The summed E-state index contributed by atoms with van der Waals surface area (Å²) in [5, 5.41) is 5.03. The second-order valence-corrected chi connectivity index (χ2v) is 9.24. The van der Waals surface area contributed by atoms with Gasteiger partial charge in [-0.05, 0) is 42.9 Å². The minimum absolute atomic E-state index is 0.230. The number of nitrogens with zero attached hydrogens (tertiary/aromatic N) is 2. The second kappa shape index (κ2) is 7.23. The summed E-state index contributed by atoms with van der Waals surface area (Å²) in [5.41, 5.74) is 4.68. The number of hydrogen-bond donors (Lipinski definition) is 1. The Morgan fingerprint density at radius 1 is 1.28 bits per heavy atom. The lowest BCUT2D eigenvalue weighted by Gasteiger charge is -2.16. The maximum atomic E-state index is 12.0. The lowest BCUT2D eigenvalue weighted by Crippen LogP contribution is -2.34. The van der Waals surface area contributed by atoms with Crippen molar-refractivity contribution in [2.45, 2.75) is 25.7 Å². The highest BCUT2D eigenvalue weighted by molar-refractivity contribution is 7.88. The van der Waals surface area contributed by atoms with Crippen LogP contribution in [0.5, 0.6) is 0 Å². The van der Waals surface area contributed by atoms with Crippen molar-refractivity contribution in [3.8, 4) is 11.3 Å². The van der Waals surface area contributed by atoms with Crippen LogP contribution in [0.2, 0.25) is 0 Å². The molecule has 6 nitrogen and oxygen atoms in total. The van der Waals surface area contributed by atoms with Crippen LogP contribution in [0.4, 0.5) is 5.13 Å². The van der Waals surface area contributed by atoms with Gasteiger partial charge in [0.05, 0.1) is 18.5 Å². The first-order chi connectivity index (χ1) is 11.8. The molecule has 1 aromatic carbocycles. The molecular weight excluding hydrogens is 358 g/mol. The summed E-state index contributed by atoms with van der Waals surface area (Å²) in [6.45, 7) is -0.230. The van der Waals surface area contributed by atoms with E-state index in [2.05, 4.69) is 28.5 Å². The Kier molecular flexibility index (Phi) is 5.21. The smallest absolute Gasteiger partial charge is 0.241 e. The van der Waals surface area contributed by atoms with Crippen LogP contribution in [0, 0.1) is 0 Å². The number of fused-ring (bicyclic) bond motifs is 1. The number of carbonyl (C=O) groups is 1. The average Bonchev–Trinajstić information content (AvgIpc) is 3.01. The van der Waals surface area contributed by atoms with Crippen molar-refractivity contribution < 1.29 is 13.2 Å². The van der Waals surface area contributed by atoms with Crippen LogP contribution in [-0.4, -0.2) is 43.5 Å². The van der Waals surface area contributed by atoms with E-state index in [1.807, 2.05) is 5.38 Å². The van der Waals surface area contributed by atoms with E-state index in [0.717, 1.165) is 34.7 Å². The van der Waals surface area contributed by atoms with E-state index in [1.54, 1.807) is 0 Å². The van der Waals surface area contributed by atoms with Crippen molar-refractivity contribution in [3.05, 3.63) is 34.7 Å². The molecule has 1 aliphatic carbocycles. The van der Waals surface area contributed by atoms with Crippen molar-refractivity contribution in [3.63, 3.8) is 0 Å². The lowest BCUT2D eigenvalue weighted by molar-refractivity contribution is -0.116. The Balaban J connectivity index is 1.69. The molecule has 3 rings (SSSR count). The first-order valence-corrected chi connectivity index (χ1v) is 10.8. The molecule has 0 saturated carbocycles. The van der Waals surface area contributed by atoms with Crippen LogP contribution < -0.4 is 5.32 Å². The van der Waals surface area contributed by atoms with Gasteiger partial charge in [-0.25, -0.2) is 13.4 Å². The zero-order chi connectivity index (χ0) is 18.0. The first kappa shape index (κ1) is 18.0. The molecule has 0 fully saturated rings. The molecule has 2 aromatic rings. The molecule has 0 aliphatic heterocycles. The molecule has 1 heterocycles. The summed E-state index contributed by atoms with van der Waals surface area (Å²) in [5.74, 6) is -0.403. The third kappa shape index (κ3) is 4.45. The number of benzene rings is 1. The second-order valence-electron chi connectivity index (χ2n) is 6.30. The van der Waals surface area contributed by atoms with E-state index in [9.17, 15) is 13.2 Å². The fourth-order valence-electron chi connectivity index (χ4n) is 2.83. The van der Waals surface area contributed by atoms with E-state index >= 15 is 0 Å². The first-order valence-electron chi connectivity index (χ1n) is 8.12. The third-order valence-electron chi connectivity index (χ3n) is 4.33. The van der Waals surface area contributed by atoms with Gasteiger partial charge >= 0.3 is 0 Å². The molecule has 134 valence electrons. The number of thiazole rings is 1. The Labute approximate surface area is 151 Å². The Morgan fingerprint density at radius 3 is 2.72 bits per heavy atom. The molecule has 0 radical (unpaired) electrons. The SMILES string of the molecule is CN(CC(=O)Nc1nc(-c2ccc3c(c2)CCCC3)cs1)S(C)(=O)=O. The molecule has 0 unspecified atom stereocenters. The standard InChI is InChI=1S/C17H21N3O3S2/c1-20(25(2,22)23)10-16(21)19-17-18-15(11-24-17)14-8-7-12-5-3-4-6-13(12)9-14/h7-9,11H,3-6,10H2,1-2H3,(H,18,19,21). The van der Waals surface area contributed by atoms with Gasteiger partial charge in [0, 0.05) is 18.0 Å². The highest BCUT2D eigenvalue weighted by Crippen LogP contribution is 2.29. The number of likely N-dealkylation sites (N-methyl/N-ethyl adjacent to an activating group) is 1. The highest BCUT2D eigenvalue weighted by atomic mass is 32.2. The summed E-state index contributed by atoms with van der Waals surface area (Å²) in [4.78, 5) is 16.4. The molecule has 1 N–H and O–H groups in total. The molecule has 1 amide bonds. The molecule has 0 saturated heterocycles. The predicted molar refractivity (Wildman–Crippen MR) is 100 cm³/mol. The topological polar surface area (TPSA) is 79.4 Å². The van der Waals surface area contributed by atoms with Gasteiger partial charge in [-0.2, -0.15) is 4.31 Å². The molecule has 1 aliphatic rings. The molecule has 1 aromatic heterocycles. The lowest BCUT2D eigenvalue weighted by atomic mass is 9.90. The van der Waals surface area contributed by atoms with Gasteiger partial charge in [-0.3, -0.25) is 4.79 Å². The molecule has 8 heteroatoms. The summed E-state index contributed by atoms with van der Waals surface area (Å²) in [6.07, 6.45) is 5.79. The number of nitrogens with one attached hydrogen (secondary N) is 1. The molecule has 0 spiro atoms. The number of aromatic nitrogens is 1. The van der Waals surface area contributed by atoms with Crippen LogP contribution in [-0.2, 0) is 27.7 Å². The van der Waals surface area contributed by atoms with Crippen molar-refractivity contribution in [2.75, 3.05) is 25.2 Å². The summed E-state index contributed by atoms with van der Waals surface area (Å²) >= 11 is 1.33. The minimum atomic E-state index is -3.38. The highest BCUT2D eigenvalue weighted by Gasteiger charge is 2.17. The monoisotopic (exact) mass is 379 g/mol. The fraction of sp³-hybridized carbons (Fsp3) is 0.412. The van der Waals surface area contributed by atoms with Gasteiger partial charge in [0.2, 0.25) is 15.9 Å². The van der Waals surface area contributed by atoms with E-state index in [4.69, 9.17) is 0 Å². The van der Waals surface area contributed by atoms with Gasteiger partial charge < -0.3 is 5.32 Å². The van der Waals surface area contributed by atoms with Crippen LogP contribution in [0.3, 0.4) is 0 Å². The fourth-order valence-corrected chi connectivity index (χ4v) is 3.92. The minimum Gasteiger partial charge on any atom is -0.301 e. The molecule has 25 heavy (non-hydrogen) atoms. The van der Waals surface area contributed by atoms with Gasteiger partial charge in [0.1, 0.15) is 0 Å². The van der Waals surface area contributed by atoms with Crippen LogP contribution in [0.1, 0.15) is 24.0 Å². The molecule has 0 atom stereocenters. The summed E-state index contributed by atoms with van der Waals surface area (Å²) < 4.78 is 23.7. The van der Waals surface area contributed by atoms with E-state index in [-0.39, 0.29) is 6.54 Å². The quantitative estimate of drug-likeness (QED) is 0.866. The normalized spacial score (nSPS) is 14.4. The summed E-state index contributed by atoms with van der Waals surface area (Å²) in [6, 6.07) is 6.43. The Morgan fingerprint density at radius 2 is 2.00 bits per heavy atom. The zero-order valence-electron chi connectivity index (χ0n) is 14.3. The average molecular weight is 380 g/mol. The maximum absolute atomic E-state index is 12.0. The Bertz CT molecular complexity index is 890. The number of amides is 1. The number of aryl methyl sites for hydroxylation is 2. The van der Waals surface area contributed by atoms with Gasteiger partial charge in [-0.1, -0.05) is 12.1 Å². The van der Waals surface area contributed by atoms with Gasteiger partial charge in [0.15, 0.2) is 5.13 Å². The molecular formula is C17H21N3O3S2. The third-order valence-corrected chi connectivity index (χ3v) is 6.35. The van der Waals surface area contributed by atoms with Crippen LogP contribution >= 0.6 is 11.3 Å². The maximum Gasteiger partial charge on any atom is 0.241 e. The van der Waals surface area contributed by atoms with Crippen molar-refractivity contribution in [2.24, 2.45) is 0 Å². The van der Waals surface area contributed by atoms with Crippen LogP contribution in [0.25, 0.3) is 11.3 Å². The van der Waals surface area contributed by atoms with Crippen LogP contribution in [0.15, 0.2) is 23.6 Å². The number of hydrogen-bond acceptors (Lipinski definition) is 5. The number of sulfonamides is 1. The van der Waals surface area contributed by atoms with Gasteiger partial charge in [0.25, 0.3) is 0 Å². The largest absolute Gasteiger partial charge is 0.301 e. The molecule has 0 bridgehead atoms. The van der Waals surface area contributed by atoms with Crippen molar-refractivity contribution in [1.29, 1.82) is 0 Å².